The van der Waals surface area contributed by atoms with Crippen LogP contribution in [0.3, 0.4) is 0 Å². The van der Waals surface area contributed by atoms with E-state index < -0.39 is 12.0 Å². The standard InChI is InChI=1S/C15H27F2NO2S/c1-14(2,3)12(7-10-20-13(19)18-4)21-11-5-8-15(16,17)9-6-11/h11-12H,5-10H2,1-4H3,(H,18,19). The average Bonchev–Trinajstić information content (AvgIpc) is 2.38. The average molecular weight is 323 g/mol. The Morgan fingerprint density at radius 1 is 1.38 bits per heavy atom. The minimum Gasteiger partial charge on any atom is -0.450 e. The highest BCUT2D eigenvalue weighted by atomic mass is 32.2. The molecule has 21 heavy (non-hydrogen) atoms. The fraction of sp³-hybridized carbons (Fsp3) is 0.933. The number of halogens is 2. The lowest BCUT2D eigenvalue weighted by Crippen LogP contribution is -2.32. The van der Waals surface area contributed by atoms with Gasteiger partial charge in [0.15, 0.2) is 0 Å². The molecule has 1 saturated carbocycles. The van der Waals surface area contributed by atoms with E-state index in [2.05, 4.69) is 26.1 Å². The van der Waals surface area contributed by atoms with Crippen LogP contribution in [0.5, 0.6) is 0 Å². The van der Waals surface area contributed by atoms with Crippen molar-refractivity contribution in [1.82, 2.24) is 5.32 Å². The number of carbonyl (C=O) groups excluding carboxylic acids is 1. The fourth-order valence-electron chi connectivity index (χ4n) is 2.42. The van der Waals surface area contributed by atoms with Crippen molar-refractivity contribution in [2.45, 2.75) is 69.3 Å². The van der Waals surface area contributed by atoms with Gasteiger partial charge in [-0.3, -0.25) is 0 Å². The molecule has 1 aliphatic carbocycles. The number of carbonyl (C=O) groups is 1. The van der Waals surface area contributed by atoms with E-state index in [1.165, 1.54) is 7.05 Å². The van der Waals surface area contributed by atoms with Gasteiger partial charge < -0.3 is 10.1 Å². The minimum atomic E-state index is -2.48. The second-order valence-electron chi connectivity index (χ2n) is 6.72. The summed E-state index contributed by atoms with van der Waals surface area (Å²) in [6, 6.07) is 0. The van der Waals surface area contributed by atoms with E-state index in [0.29, 0.717) is 24.7 Å². The molecule has 0 heterocycles. The first-order chi connectivity index (χ1) is 9.64. The molecule has 0 bridgehead atoms. The minimum absolute atomic E-state index is 0.00370. The van der Waals surface area contributed by atoms with Crippen LogP contribution in [0.2, 0.25) is 0 Å². The molecule has 0 aromatic rings. The summed E-state index contributed by atoms with van der Waals surface area (Å²) >= 11 is 1.79. The van der Waals surface area contributed by atoms with Crippen LogP contribution < -0.4 is 5.32 Å². The van der Waals surface area contributed by atoms with Crippen molar-refractivity contribution in [2.24, 2.45) is 5.41 Å². The van der Waals surface area contributed by atoms with Crippen LogP contribution in [0.25, 0.3) is 0 Å². The second kappa shape index (κ2) is 7.65. The van der Waals surface area contributed by atoms with Gasteiger partial charge in [0.1, 0.15) is 0 Å². The maximum absolute atomic E-state index is 13.2. The van der Waals surface area contributed by atoms with Gasteiger partial charge in [0.2, 0.25) is 5.92 Å². The highest BCUT2D eigenvalue weighted by Crippen LogP contribution is 2.43. The molecule has 0 aromatic carbocycles. The first kappa shape index (κ1) is 18.5. The Bertz CT molecular complexity index is 335. The van der Waals surface area contributed by atoms with Gasteiger partial charge in [-0.2, -0.15) is 11.8 Å². The molecule has 1 N–H and O–H groups in total. The van der Waals surface area contributed by atoms with Gasteiger partial charge in [-0.15, -0.1) is 0 Å². The third-order valence-electron chi connectivity index (χ3n) is 3.80. The van der Waals surface area contributed by atoms with Crippen LogP contribution >= 0.6 is 11.8 Å². The highest BCUT2D eigenvalue weighted by Gasteiger charge is 2.37. The zero-order chi connectivity index (χ0) is 16.1. The van der Waals surface area contributed by atoms with Crippen molar-refractivity contribution in [3.05, 3.63) is 0 Å². The number of thioether (sulfide) groups is 1. The van der Waals surface area contributed by atoms with Crippen molar-refractivity contribution >= 4 is 17.9 Å². The van der Waals surface area contributed by atoms with Crippen LogP contribution in [-0.2, 0) is 4.74 Å². The molecule has 124 valence electrons. The van der Waals surface area contributed by atoms with Gasteiger partial charge in [0, 0.05) is 30.4 Å². The van der Waals surface area contributed by atoms with Crippen molar-refractivity contribution in [3.63, 3.8) is 0 Å². The molecule has 0 aromatic heterocycles. The quantitative estimate of drug-likeness (QED) is 0.812. The molecular formula is C15H27F2NO2S. The Morgan fingerprint density at radius 3 is 2.43 bits per heavy atom. The maximum atomic E-state index is 13.2. The van der Waals surface area contributed by atoms with Gasteiger partial charge in [-0.05, 0) is 24.7 Å². The number of amides is 1. The molecule has 0 aliphatic heterocycles. The van der Waals surface area contributed by atoms with Crippen LogP contribution in [0.15, 0.2) is 0 Å². The molecule has 1 aliphatic rings. The molecule has 0 spiro atoms. The monoisotopic (exact) mass is 323 g/mol. The van der Waals surface area contributed by atoms with Crippen molar-refractivity contribution < 1.29 is 18.3 Å². The summed E-state index contributed by atoms with van der Waals surface area (Å²) in [6.45, 7) is 6.78. The summed E-state index contributed by atoms with van der Waals surface area (Å²) in [5.74, 6) is -2.48. The van der Waals surface area contributed by atoms with Crippen LogP contribution in [0, 0.1) is 5.41 Å². The van der Waals surface area contributed by atoms with E-state index in [-0.39, 0.29) is 23.5 Å². The van der Waals surface area contributed by atoms with Crippen LogP contribution in [0.4, 0.5) is 13.6 Å². The topological polar surface area (TPSA) is 38.3 Å². The lowest BCUT2D eigenvalue weighted by molar-refractivity contribution is -0.0324. The van der Waals surface area contributed by atoms with E-state index in [9.17, 15) is 13.6 Å². The second-order valence-corrected chi connectivity index (χ2v) is 8.23. The Labute approximate surface area is 130 Å². The first-order valence-corrected chi connectivity index (χ1v) is 8.46. The summed E-state index contributed by atoms with van der Waals surface area (Å²) in [6.07, 6.45) is 1.45. The molecule has 3 nitrogen and oxygen atoms in total. The molecule has 1 fully saturated rings. The van der Waals surface area contributed by atoms with Crippen molar-refractivity contribution in [3.8, 4) is 0 Å². The summed E-state index contributed by atoms with van der Waals surface area (Å²) in [4.78, 5) is 11.1. The molecule has 6 heteroatoms. The third kappa shape index (κ3) is 6.85. The SMILES string of the molecule is CNC(=O)OCCC(SC1CCC(F)(F)CC1)C(C)(C)C. The van der Waals surface area contributed by atoms with E-state index in [4.69, 9.17) is 4.74 Å². The number of hydrogen-bond donors (Lipinski definition) is 1. The van der Waals surface area contributed by atoms with Crippen molar-refractivity contribution in [1.29, 1.82) is 0 Å². The Kier molecular flexibility index (Phi) is 6.75. The molecule has 1 rings (SSSR count). The summed E-state index contributed by atoms with van der Waals surface area (Å²) < 4.78 is 31.5. The first-order valence-electron chi connectivity index (χ1n) is 7.52. The van der Waals surface area contributed by atoms with E-state index in [1.54, 1.807) is 11.8 Å². The predicted octanol–water partition coefficient (Wildman–Crippen LogP) is 4.46. The summed E-state index contributed by atoms with van der Waals surface area (Å²) in [5, 5.41) is 2.99. The molecule has 1 unspecified atom stereocenters. The number of ether oxygens (including phenoxy) is 1. The lowest BCUT2D eigenvalue weighted by Gasteiger charge is -2.36. The third-order valence-corrected chi connectivity index (χ3v) is 5.93. The Hall–Kier alpha value is -0.520. The van der Waals surface area contributed by atoms with Crippen LogP contribution in [0.1, 0.15) is 52.9 Å². The van der Waals surface area contributed by atoms with E-state index in [0.717, 1.165) is 6.42 Å². The molecule has 1 atom stereocenters. The zero-order valence-electron chi connectivity index (χ0n) is 13.4. The van der Waals surface area contributed by atoms with Gasteiger partial charge in [-0.25, -0.2) is 13.6 Å². The van der Waals surface area contributed by atoms with Gasteiger partial charge in [0.05, 0.1) is 6.61 Å². The van der Waals surface area contributed by atoms with Crippen LogP contribution in [-0.4, -0.2) is 36.2 Å². The number of rotatable bonds is 5. The summed E-state index contributed by atoms with van der Waals surface area (Å²) in [5.41, 5.74) is 0.0523. The Morgan fingerprint density at radius 2 is 1.95 bits per heavy atom. The fourth-order valence-corrected chi connectivity index (χ4v) is 4.03. The van der Waals surface area contributed by atoms with Crippen molar-refractivity contribution in [2.75, 3.05) is 13.7 Å². The normalized spacial score (nSPS) is 20.9. The molecular weight excluding hydrogens is 296 g/mol. The number of nitrogens with one attached hydrogen (secondary N) is 1. The Balaban J connectivity index is 2.46. The zero-order valence-corrected chi connectivity index (χ0v) is 14.2. The number of alkyl halides is 2. The summed E-state index contributed by atoms with van der Waals surface area (Å²) in [7, 11) is 1.53. The molecule has 0 radical (unpaired) electrons. The molecule has 1 amide bonds. The molecule has 0 saturated heterocycles. The van der Waals surface area contributed by atoms with Gasteiger partial charge in [0.25, 0.3) is 0 Å². The highest BCUT2D eigenvalue weighted by molar-refractivity contribution is 8.00. The van der Waals surface area contributed by atoms with E-state index in [1.807, 2.05) is 0 Å². The maximum Gasteiger partial charge on any atom is 0.406 e. The van der Waals surface area contributed by atoms with Gasteiger partial charge >= 0.3 is 6.09 Å². The number of hydrogen-bond acceptors (Lipinski definition) is 3. The predicted molar refractivity (Wildman–Crippen MR) is 83.1 cm³/mol. The smallest absolute Gasteiger partial charge is 0.406 e. The van der Waals surface area contributed by atoms with Gasteiger partial charge in [-0.1, -0.05) is 20.8 Å². The van der Waals surface area contributed by atoms with E-state index >= 15 is 0 Å². The lowest BCUT2D eigenvalue weighted by atomic mass is 9.90. The largest absolute Gasteiger partial charge is 0.450 e. The number of alkyl carbamates (subject to hydrolysis) is 1.